The van der Waals surface area contributed by atoms with Gasteiger partial charge in [0.2, 0.25) is 0 Å². The molecule has 0 saturated heterocycles. The minimum absolute atomic E-state index is 0. The predicted octanol–water partition coefficient (Wildman–Crippen LogP) is 6.34. The van der Waals surface area contributed by atoms with Crippen LogP contribution in [0, 0.1) is 0 Å². The van der Waals surface area contributed by atoms with E-state index in [0.29, 0.717) is 0 Å². The largest absolute Gasteiger partial charge is 0 e. The molecule has 0 radical (unpaired) electrons. The standard InChI is InChI=1S/C19H24O2P2.Fe/c1-15-11-22(20,12-16(15)2)21-23(5,13-17(3)18(4)14-23)19-9-7-6-8-10-19;/h6-14H,1-5H3;. The summed E-state index contributed by atoms with van der Waals surface area (Å²) in [6.07, 6.45) is 0. The van der Waals surface area contributed by atoms with Gasteiger partial charge in [0.25, 0.3) is 0 Å². The van der Waals surface area contributed by atoms with Crippen molar-refractivity contribution in [3.63, 3.8) is 0 Å². The zero-order chi connectivity index (χ0) is 16.9. The zero-order valence-corrected chi connectivity index (χ0v) is 17.7. The molecule has 0 atom stereocenters. The van der Waals surface area contributed by atoms with E-state index in [0.717, 1.165) is 16.5 Å². The van der Waals surface area contributed by atoms with E-state index in [1.54, 1.807) is 0 Å². The molecule has 130 valence electrons. The topological polar surface area (TPSA) is 26.3 Å². The Labute approximate surface area is 155 Å². The Balaban J connectivity index is 0.00000208. The average molecular weight is 402 g/mol. The molecule has 2 heterocycles. The fourth-order valence-electron chi connectivity index (χ4n) is 3.42. The second kappa shape index (κ2) is 6.24. The van der Waals surface area contributed by atoms with E-state index in [1.165, 1.54) is 11.1 Å². The molecule has 0 unspecified atom stereocenters. The second-order valence-electron chi connectivity index (χ2n) is 6.94. The Hall–Kier alpha value is -0.681. The minimum Gasteiger partial charge on any atom is 0 e. The van der Waals surface area contributed by atoms with Crippen LogP contribution < -0.4 is 5.30 Å². The van der Waals surface area contributed by atoms with Gasteiger partial charge in [0, 0.05) is 17.1 Å². The van der Waals surface area contributed by atoms with Gasteiger partial charge in [0.05, 0.1) is 0 Å². The Kier molecular flexibility index (Phi) is 5.11. The summed E-state index contributed by atoms with van der Waals surface area (Å²) in [5.41, 5.74) is 4.52. The minimum atomic E-state index is -3.00. The molecule has 2 nitrogen and oxygen atoms in total. The third kappa shape index (κ3) is 3.22. The maximum Gasteiger partial charge on any atom is 0 e. The molecular formula is C19H24FeO2P2. The van der Waals surface area contributed by atoms with Gasteiger partial charge in [-0.3, -0.25) is 0 Å². The van der Waals surface area contributed by atoms with E-state index in [2.05, 4.69) is 44.3 Å². The summed E-state index contributed by atoms with van der Waals surface area (Å²) in [6, 6.07) is 10.2. The van der Waals surface area contributed by atoms with Crippen molar-refractivity contribution in [1.29, 1.82) is 0 Å². The van der Waals surface area contributed by atoms with Crippen LogP contribution in [0.2, 0.25) is 0 Å². The molecule has 0 bridgehead atoms. The fraction of sp³-hybridized carbons (Fsp3) is 0.263. The summed E-state index contributed by atoms with van der Waals surface area (Å²) in [4.78, 5) is 0. The van der Waals surface area contributed by atoms with Gasteiger partial charge < -0.3 is 0 Å². The molecule has 2 aliphatic rings. The van der Waals surface area contributed by atoms with Crippen molar-refractivity contribution in [2.75, 3.05) is 6.66 Å². The zero-order valence-electron chi connectivity index (χ0n) is 14.8. The molecular weight excluding hydrogens is 378 g/mol. The van der Waals surface area contributed by atoms with Gasteiger partial charge in [-0.1, -0.05) is 0 Å². The molecule has 3 rings (SSSR count). The van der Waals surface area contributed by atoms with Crippen LogP contribution in [0.5, 0.6) is 0 Å². The third-order valence-corrected chi connectivity index (χ3v) is 12.7. The van der Waals surface area contributed by atoms with Crippen LogP contribution in [-0.2, 0) is 25.9 Å². The van der Waals surface area contributed by atoms with Gasteiger partial charge in [-0.05, 0) is 0 Å². The van der Waals surface area contributed by atoms with E-state index in [9.17, 15) is 4.57 Å². The van der Waals surface area contributed by atoms with Crippen molar-refractivity contribution in [2.45, 2.75) is 27.7 Å². The smallest absolute Gasteiger partial charge is 0 e. The van der Waals surface area contributed by atoms with Crippen molar-refractivity contribution in [2.24, 2.45) is 0 Å². The van der Waals surface area contributed by atoms with Gasteiger partial charge in [-0.25, -0.2) is 0 Å². The van der Waals surface area contributed by atoms with Crippen molar-refractivity contribution in [3.05, 3.63) is 75.9 Å². The number of hydrogen-bond donors (Lipinski definition) is 0. The van der Waals surface area contributed by atoms with Crippen LogP contribution in [0.25, 0.3) is 0 Å². The Morgan fingerprint density at radius 1 is 0.833 bits per heavy atom. The monoisotopic (exact) mass is 402 g/mol. The molecule has 1 aromatic carbocycles. The van der Waals surface area contributed by atoms with Gasteiger partial charge in [0.15, 0.2) is 0 Å². The third-order valence-electron chi connectivity index (χ3n) is 4.78. The first-order chi connectivity index (χ1) is 10.6. The van der Waals surface area contributed by atoms with E-state index in [-0.39, 0.29) is 17.1 Å². The first kappa shape index (κ1) is 19.6. The van der Waals surface area contributed by atoms with E-state index < -0.39 is 14.2 Å². The van der Waals surface area contributed by atoms with Crippen molar-refractivity contribution >= 4 is 19.5 Å². The predicted molar refractivity (Wildman–Crippen MR) is 103 cm³/mol. The van der Waals surface area contributed by atoms with Crippen LogP contribution in [0.3, 0.4) is 0 Å². The molecule has 24 heavy (non-hydrogen) atoms. The summed E-state index contributed by atoms with van der Waals surface area (Å²) >= 11 is 0. The molecule has 5 heteroatoms. The average Bonchev–Trinajstić information content (AvgIpc) is 2.85. The first-order valence-corrected chi connectivity index (χ1v) is 12.3. The summed E-state index contributed by atoms with van der Waals surface area (Å²) < 4.78 is 20.0. The quantitative estimate of drug-likeness (QED) is 0.435. The second-order valence-corrected chi connectivity index (χ2v) is 13.7. The summed E-state index contributed by atoms with van der Waals surface area (Å²) in [5.74, 6) is 8.07. The number of hydrogen-bond acceptors (Lipinski definition) is 2. The van der Waals surface area contributed by atoms with Crippen LogP contribution >= 0.6 is 14.2 Å². The summed E-state index contributed by atoms with van der Waals surface area (Å²) in [6.45, 7) is 7.32. The van der Waals surface area contributed by atoms with Crippen LogP contribution in [0.4, 0.5) is 0 Å². The molecule has 0 amide bonds. The molecule has 0 spiro atoms. The van der Waals surface area contributed by atoms with Crippen molar-refractivity contribution in [1.82, 2.24) is 0 Å². The van der Waals surface area contributed by atoms with Crippen LogP contribution in [0.15, 0.2) is 75.9 Å². The maximum absolute atomic E-state index is 13.4. The van der Waals surface area contributed by atoms with E-state index in [1.807, 2.05) is 43.7 Å². The number of benzene rings is 1. The number of allylic oxidation sites excluding steroid dienone is 4. The van der Waals surface area contributed by atoms with Crippen molar-refractivity contribution in [3.8, 4) is 0 Å². The normalized spacial score (nSPS) is 24.6. The molecule has 0 fully saturated rings. The van der Waals surface area contributed by atoms with Gasteiger partial charge >= 0.3 is 139 Å². The number of rotatable bonds is 3. The van der Waals surface area contributed by atoms with Gasteiger partial charge in [0.1, 0.15) is 0 Å². The SMILES string of the molecule is CC1=CP(=O)(OP2(C)(c3ccccc3)C=C(C)C(C)=C2)C=C1C.[Fe]. The Morgan fingerprint density at radius 3 is 1.75 bits per heavy atom. The van der Waals surface area contributed by atoms with E-state index >= 15 is 0 Å². The molecule has 0 aromatic heterocycles. The van der Waals surface area contributed by atoms with Crippen LogP contribution in [0.1, 0.15) is 27.7 Å². The Morgan fingerprint density at radius 2 is 1.29 bits per heavy atom. The first-order valence-electron chi connectivity index (χ1n) is 7.82. The maximum atomic E-state index is 13.4. The van der Waals surface area contributed by atoms with E-state index in [4.69, 9.17) is 4.31 Å². The fourth-order valence-corrected chi connectivity index (χ4v) is 12.5. The molecule has 0 N–H and O–H groups in total. The molecule has 0 saturated carbocycles. The molecule has 0 aliphatic carbocycles. The summed E-state index contributed by atoms with van der Waals surface area (Å²) in [5, 5.41) is 1.12. The van der Waals surface area contributed by atoms with Crippen LogP contribution in [-0.4, -0.2) is 6.66 Å². The van der Waals surface area contributed by atoms with Gasteiger partial charge in [-0.15, -0.1) is 0 Å². The molecule has 2 aliphatic heterocycles. The Bertz CT molecular complexity index is 807. The molecule has 1 aromatic rings. The van der Waals surface area contributed by atoms with Gasteiger partial charge in [-0.2, -0.15) is 0 Å². The summed E-state index contributed by atoms with van der Waals surface area (Å²) in [7, 11) is -2.94. The van der Waals surface area contributed by atoms with Crippen molar-refractivity contribution < 1.29 is 25.9 Å².